The molecule has 2 aromatic carbocycles. The standard InChI is InChI=1S/C25H30N2O3/c1-30-22-13-10-19(11-14-22)12-15-24(28)26-17-21-8-5-9-25(29)27(23(21)18-26)16-20-6-3-2-4-7-20/h2-4,6-7,10-11,13-14,21,23H,5,8-9,12,15-18H2,1H3. The number of aryl methyl sites for hydroxylation is 1. The average Bonchev–Trinajstić information content (AvgIpc) is 3.14. The zero-order valence-corrected chi connectivity index (χ0v) is 17.6. The van der Waals surface area contributed by atoms with E-state index in [0.29, 0.717) is 31.8 Å². The number of amides is 2. The summed E-state index contributed by atoms with van der Waals surface area (Å²) < 4.78 is 5.19. The van der Waals surface area contributed by atoms with Gasteiger partial charge in [-0.25, -0.2) is 0 Å². The summed E-state index contributed by atoms with van der Waals surface area (Å²) in [6.45, 7) is 2.06. The van der Waals surface area contributed by atoms with Crippen molar-refractivity contribution < 1.29 is 14.3 Å². The fourth-order valence-electron chi connectivity index (χ4n) is 4.73. The Bertz CT molecular complexity index is 866. The maximum Gasteiger partial charge on any atom is 0.223 e. The van der Waals surface area contributed by atoms with Crippen LogP contribution >= 0.6 is 0 Å². The van der Waals surface area contributed by atoms with Crippen LogP contribution in [0.1, 0.15) is 36.8 Å². The van der Waals surface area contributed by atoms with Crippen LogP contribution in [-0.2, 0) is 22.6 Å². The summed E-state index contributed by atoms with van der Waals surface area (Å²) in [5.74, 6) is 1.61. The van der Waals surface area contributed by atoms with Gasteiger partial charge in [0.1, 0.15) is 5.75 Å². The van der Waals surface area contributed by atoms with Crippen molar-refractivity contribution in [2.24, 2.45) is 5.92 Å². The van der Waals surface area contributed by atoms with Crippen LogP contribution < -0.4 is 4.74 Å². The fraction of sp³-hybridized carbons (Fsp3) is 0.440. The Morgan fingerprint density at radius 3 is 2.53 bits per heavy atom. The molecule has 158 valence electrons. The zero-order chi connectivity index (χ0) is 20.9. The van der Waals surface area contributed by atoms with E-state index in [9.17, 15) is 9.59 Å². The molecule has 0 N–H and O–H groups in total. The maximum atomic E-state index is 12.9. The molecule has 2 amide bonds. The lowest BCUT2D eigenvalue weighted by Gasteiger charge is -2.30. The van der Waals surface area contributed by atoms with Gasteiger partial charge < -0.3 is 14.5 Å². The van der Waals surface area contributed by atoms with E-state index < -0.39 is 0 Å². The number of hydrogen-bond donors (Lipinski definition) is 0. The molecule has 4 rings (SSSR count). The van der Waals surface area contributed by atoms with Crippen molar-refractivity contribution in [2.75, 3.05) is 20.2 Å². The minimum absolute atomic E-state index is 0.130. The van der Waals surface area contributed by atoms with E-state index in [4.69, 9.17) is 4.74 Å². The number of nitrogens with zero attached hydrogens (tertiary/aromatic N) is 2. The molecule has 2 heterocycles. The first-order valence-electron chi connectivity index (χ1n) is 10.9. The molecule has 0 aliphatic carbocycles. The molecule has 30 heavy (non-hydrogen) atoms. The van der Waals surface area contributed by atoms with Crippen LogP contribution in [0.25, 0.3) is 0 Å². The van der Waals surface area contributed by atoms with Gasteiger partial charge in [0, 0.05) is 32.5 Å². The van der Waals surface area contributed by atoms with Crippen molar-refractivity contribution in [2.45, 2.75) is 44.7 Å². The highest BCUT2D eigenvalue weighted by Crippen LogP contribution is 2.32. The fourth-order valence-corrected chi connectivity index (χ4v) is 4.73. The summed E-state index contributed by atoms with van der Waals surface area (Å²) in [7, 11) is 1.65. The van der Waals surface area contributed by atoms with Crippen molar-refractivity contribution in [3.8, 4) is 5.75 Å². The average molecular weight is 407 g/mol. The second-order valence-corrected chi connectivity index (χ2v) is 8.37. The summed E-state index contributed by atoms with van der Waals surface area (Å²) >= 11 is 0. The minimum atomic E-state index is 0.130. The summed E-state index contributed by atoms with van der Waals surface area (Å²) in [6, 6.07) is 18.2. The Kier molecular flexibility index (Phi) is 6.36. The van der Waals surface area contributed by atoms with E-state index in [1.807, 2.05) is 52.3 Å². The lowest BCUT2D eigenvalue weighted by molar-refractivity contribution is -0.135. The molecular formula is C25H30N2O3. The largest absolute Gasteiger partial charge is 0.497 e. The number of benzene rings is 2. The van der Waals surface area contributed by atoms with Crippen molar-refractivity contribution in [3.63, 3.8) is 0 Å². The Hall–Kier alpha value is -2.82. The predicted octanol–water partition coefficient (Wildman–Crippen LogP) is 3.67. The maximum absolute atomic E-state index is 12.9. The normalized spacial score (nSPS) is 21.3. The second kappa shape index (κ2) is 9.33. The Morgan fingerprint density at radius 1 is 1.03 bits per heavy atom. The third-order valence-corrected chi connectivity index (χ3v) is 6.43. The first kappa shape index (κ1) is 20.5. The monoisotopic (exact) mass is 406 g/mol. The summed E-state index contributed by atoms with van der Waals surface area (Å²) in [4.78, 5) is 29.7. The van der Waals surface area contributed by atoms with Crippen LogP contribution in [0.4, 0.5) is 0 Å². The SMILES string of the molecule is COc1ccc(CCC(=O)N2CC3CCCC(=O)N(Cc4ccccc4)C3C2)cc1. The molecule has 5 heteroatoms. The van der Waals surface area contributed by atoms with Crippen molar-refractivity contribution >= 4 is 11.8 Å². The van der Waals surface area contributed by atoms with Crippen molar-refractivity contribution in [3.05, 3.63) is 65.7 Å². The summed E-state index contributed by atoms with van der Waals surface area (Å²) in [5, 5.41) is 0. The highest BCUT2D eigenvalue weighted by Gasteiger charge is 2.41. The van der Waals surface area contributed by atoms with Crippen molar-refractivity contribution in [1.29, 1.82) is 0 Å². The third kappa shape index (κ3) is 4.66. The highest BCUT2D eigenvalue weighted by atomic mass is 16.5. The lowest BCUT2D eigenvalue weighted by Crippen LogP contribution is -2.43. The predicted molar refractivity (Wildman–Crippen MR) is 116 cm³/mol. The molecule has 0 radical (unpaired) electrons. The van der Waals surface area contributed by atoms with E-state index >= 15 is 0 Å². The molecule has 2 aliphatic rings. The topological polar surface area (TPSA) is 49.9 Å². The third-order valence-electron chi connectivity index (χ3n) is 6.43. The molecule has 5 nitrogen and oxygen atoms in total. The van der Waals surface area contributed by atoms with Crippen LogP contribution in [0.15, 0.2) is 54.6 Å². The number of rotatable bonds is 6. The van der Waals surface area contributed by atoms with Gasteiger partial charge in [-0.1, -0.05) is 42.5 Å². The molecule has 2 unspecified atom stereocenters. The number of carbonyl (C=O) groups is 2. The summed E-state index contributed by atoms with van der Waals surface area (Å²) in [5.41, 5.74) is 2.29. The molecule has 2 fully saturated rings. The Balaban J connectivity index is 1.39. The first-order chi connectivity index (χ1) is 14.6. The van der Waals surface area contributed by atoms with Crippen LogP contribution in [0.3, 0.4) is 0 Å². The number of likely N-dealkylation sites (tertiary alicyclic amines) is 2. The zero-order valence-electron chi connectivity index (χ0n) is 17.6. The molecule has 2 atom stereocenters. The van der Waals surface area contributed by atoms with E-state index in [2.05, 4.69) is 12.1 Å². The number of methoxy groups -OCH3 is 1. The van der Waals surface area contributed by atoms with E-state index in [1.54, 1.807) is 7.11 Å². The lowest BCUT2D eigenvalue weighted by atomic mass is 9.98. The number of hydrogen-bond acceptors (Lipinski definition) is 3. The van der Waals surface area contributed by atoms with Gasteiger partial charge in [0.2, 0.25) is 11.8 Å². The summed E-state index contributed by atoms with van der Waals surface area (Å²) in [6.07, 6.45) is 3.77. The highest BCUT2D eigenvalue weighted by molar-refractivity contribution is 5.79. The minimum Gasteiger partial charge on any atom is -0.497 e. The Labute approximate surface area is 178 Å². The molecule has 2 aromatic rings. The molecule has 2 saturated heterocycles. The second-order valence-electron chi connectivity index (χ2n) is 8.37. The van der Waals surface area contributed by atoms with Gasteiger partial charge in [-0.3, -0.25) is 9.59 Å². The van der Waals surface area contributed by atoms with Gasteiger partial charge >= 0.3 is 0 Å². The molecular weight excluding hydrogens is 376 g/mol. The van der Waals surface area contributed by atoms with Gasteiger partial charge in [-0.2, -0.15) is 0 Å². The van der Waals surface area contributed by atoms with Crippen LogP contribution in [0.2, 0.25) is 0 Å². The number of carbonyl (C=O) groups excluding carboxylic acids is 2. The molecule has 2 aliphatic heterocycles. The van der Waals surface area contributed by atoms with Crippen LogP contribution in [0.5, 0.6) is 5.75 Å². The number of fused-ring (bicyclic) bond motifs is 1. The van der Waals surface area contributed by atoms with Crippen LogP contribution in [-0.4, -0.2) is 47.9 Å². The van der Waals surface area contributed by atoms with E-state index in [1.165, 1.54) is 0 Å². The van der Waals surface area contributed by atoms with Gasteiger partial charge in [-0.05, 0) is 48.4 Å². The van der Waals surface area contributed by atoms with E-state index in [-0.39, 0.29) is 17.9 Å². The first-order valence-corrected chi connectivity index (χ1v) is 10.9. The van der Waals surface area contributed by atoms with Gasteiger partial charge in [0.15, 0.2) is 0 Å². The van der Waals surface area contributed by atoms with Gasteiger partial charge in [-0.15, -0.1) is 0 Å². The van der Waals surface area contributed by atoms with Gasteiger partial charge in [0.25, 0.3) is 0 Å². The van der Waals surface area contributed by atoms with E-state index in [0.717, 1.165) is 42.7 Å². The molecule has 0 spiro atoms. The molecule has 0 aromatic heterocycles. The van der Waals surface area contributed by atoms with Crippen molar-refractivity contribution in [1.82, 2.24) is 9.80 Å². The Morgan fingerprint density at radius 2 is 1.80 bits per heavy atom. The van der Waals surface area contributed by atoms with Gasteiger partial charge in [0.05, 0.1) is 13.2 Å². The molecule has 0 bridgehead atoms. The van der Waals surface area contributed by atoms with Crippen LogP contribution in [0, 0.1) is 5.92 Å². The number of ether oxygens (including phenoxy) is 1. The smallest absolute Gasteiger partial charge is 0.223 e. The molecule has 0 saturated carbocycles. The quantitative estimate of drug-likeness (QED) is 0.736.